The molecule has 0 saturated carbocycles. The van der Waals surface area contributed by atoms with E-state index >= 15 is 0 Å². The van der Waals surface area contributed by atoms with Gasteiger partial charge in [0.1, 0.15) is 0 Å². The van der Waals surface area contributed by atoms with Crippen molar-refractivity contribution in [1.82, 2.24) is 4.90 Å². The first-order valence-electron chi connectivity index (χ1n) is 5.97. The Morgan fingerprint density at radius 3 is 2.63 bits per heavy atom. The maximum Gasteiger partial charge on any atom is 0.0701 e. The molecule has 0 atom stereocenters. The second-order valence-corrected chi connectivity index (χ2v) is 7.26. The summed E-state index contributed by atoms with van der Waals surface area (Å²) in [5.41, 5.74) is 9.12. The molecule has 2 N–H and O–H groups in total. The van der Waals surface area contributed by atoms with Gasteiger partial charge in [-0.2, -0.15) is 0 Å². The third-order valence-corrected chi connectivity index (χ3v) is 4.77. The first-order valence-corrected chi connectivity index (χ1v) is 8.02. The summed E-state index contributed by atoms with van der Waals surface area (Å²) in [7, 11) is 2.10. The van der Waals surface area contributed by atoms with Crippen molar-refractivity contribution in [2.45, 2.75) is 19.6 Å². The largest absolute Gasteiger partial charge is 0.326 e. The minimum Gasteiger partial charge on any atom is -0.326 e. The van der Waals surface area contributed by atoms with Crippen LogP contribution in [0.4, 0.5) is 0 Å². The van der Waals surface area contributed by atoms with Crippen molar-refractivity contribution in [3.63, 3.8) is 0 Å². The number of hydrogen-bond donors (Lipinski definition) is 1. The predicted octanol–water partition coefficient (Wildman–Crippen LogP) is 4.25. The summed E-state index contributed by atoms with van der Waals surface area (Å²) in [6.45, 7) is 2.27. The molecule has 0 saturated heterocycles. The lowest BCUT2D eigenvalue weighted by molar-refractivity contribution is 0.319. The van der Waals surface area contributed by atoms with Crippen molar-refractivity contribution in [1.29, 1.82) is 0 Å². The zero-order valence-electron chi connectivity index (χ0n) is 10.7. The third kappa shape index (κ3) is 4.29. The van der Waals surface area contributed by atoms with E-state index in [0.29, 0.717) is 6.54 Å². The van der Waals surface area contributed by atoms with Crippen LogP contribution in [0.2, 0.25) is 5.02 Å². The number of nitrogens with zero attached hydrogens (tertiary/aromatic N) is 1. The minimum atomic E-state index is 0.527. The summed E-state index contributed by atoms with van der Waals surface area (Å²) in [4.78, 5) is 2.25. The molecule has 0 amide bonds. The summed E-state index contributed by atoms with van der Waals surface area (Å²) in [5, 5.41) is 2.96. The van der Waals surface area contributed by atoms with Crippen molar-refractivity contribution in [3.05, 3.63) is 55.1 Å². The van der Waals surface area contributed by atoms with Gasteiger partial charge in [0.05, 0.1) is 3.79 Å². The SMILES string of the molecule is CN(Cc1csc(Br)c1)Cc1ccc(CN)cc1Cl. The molecule has 0 spiro atoms. The van der Waals surface area contributed by atoms with E-state index in [1.54, 1.807) is 11.3 Å². The van der Waals surface area contributed by atoms with Gasteiger partial charge in [-0.05, 0) is 57.2 Å². The average molecular weight is 360 g/mol. The second kappa shape index (κ2) is 6.86. The fourth-order valence-electron chi connectivity index (χ4n) is 1.93. The summed E-state index contributed by atoms with van der Waals surface area (Å²) < 4.78 is 1.17. The number of nitrogens with two attached hydrogens (primary N) is 1. The third-order valence-electron chi connectivity index (χ3n) is 2.87. The van der Waals surface area contributed by atoms with Crippen LogP contribution in [0.5, 0.6) is 0 Å². The van der Waals surface area contributed by atoms with Crippen molar-refractivity contribution in [3.8, 4) is 0 Å². The molecule has 19 heavy (non-hydrogen) atoms. The molecule has 0 radical (unpaired) electrons. The predicted molar refractivity (Wildman–Crippen MR) is 86.5 cm³/mol. The Morgan fingerprint density at radius 1 is 1.26 bits per heavy atom. The van der Waals surface area contributed by atoms with E-state index in [1.165, 1.54) is 9.35 Å². The fraction of sp³-hybridized carbons (Fsp3) is 0.286. The topological polar surface area (TPSA) is 29.3 Å². The van der Waals surface area contributed by atoms with Crippen LogP contribution < -0.4 is 5.73 Å². The van der Waals surface area contributed by atoms with Crippen LogP contribution in [0.25, 0.3) is 0 Å². The van der Waals surface area contributed by atoms with Crippen LogP contribution in [-0.4, -0.2) is 11.9 Å². The summed E-state index contributed by atoms with van der Waals surface area (Å²) in [6, 6.07) is 8.20. The Balaban J connectivity index is 2.00. The molecular weight excluding hydrogens is 344 g/mol. The van der Waals surface area contributed by atoms with E-state index in [2.05, 4.69) is 45.4 Å². The first-order chi connectivity index (χ1) is 9.08. The Bertz CT molecular complexity index is 556. The van der Waals surface area contributed by atoms with Gasteiger partial charge in [-0.1, -0.05) is 23.7 Å². The molecule has 2 rings (SSSR count). The fourth-order valence-corrected chi connectivity index (χ4v) is 3.40. The Labute approximate surface area is 131 Å². The first kappa shape index (κ1) is 15.0. The van der Waals surface area contributed by atoms with Crippen LogP contribution in [0, 0.1) is 0 Å². The Hall–Kier alpha value is -0.390. The van der Waals surface area contributed by atoms with Crippen LogP contribution in [-0.2, 0) is 19.6 Å². The van der Waals surface area contributed by atoms with E-state index in [-0.39, 0.29) is 0 Å². The maximum absolute atomic E-state index is 6.27. The summed E-state index contributed by atoms with van der Waals surface area (Å²) in [6.07, 6.45) is 0. The van der Waals surface area contributed by atoms with Gasteiger partial charge in [-0.25, -0.2) is 0 Å². The molecule has 0 aliphatic heterocycles. The highest BCUT2D eigenvalue weighted by Gasteiger charge is 2.07. The van der Waals surface area contributed by atoms with Gasteiger partial charge in [0.25, 0.3) is 0 Å². The number of halogens is 2. The average Bonchev–Trinajstić information content (AvgIpc) is 2.77. The van der Waals surface area contributed by atoms with Gasteiger partial charge in [-0.3, -0.25) is 4.90 Å². The molecule has 102 valence electrons. The quantitative estimate of drug-likeness (QED) is 0.864. The van der Waals surface area contributed by atoms with Gasteiger partial charge in [0, 0.05) is 24.7 Å². The lowest BCUT2D eigenvalue weighted by Gasteiger charge is -2.17. The molecule has 0 fully saturated rings. The van der Waals surface area contributed by atoms with Gasteiger partial charge < -0.3 is 5.73 Å². The number of thiophene rings is 1. The standard InChI is InChI=1S/C14H16BrClN2S/c1-18(7-11-5-14(15)19-9-11)8-12-3-2-10(6-17)4-13(12)16/h2-5,9H,6-8,17H2,1H3. The molecular formula is C14H16BrClN2S. The molecule has 1 aromatic heterocycles. The van der Waals surface area contributed by atoms with Crippen LogP contribution in [0.15, 0.2) is 33.4 Å². The normalized spacial score (nSPS) is 11.2. The van der Waals surface area contributed by atoms with Crippen molar-refractivity contribution in [2.75, 3.05) is 7.05 Å². The molecule has 1 heterocycles. The molecule has 2 nitrogen and oxygen atoms in total. The van der Waals surface area contributed by atoms with Gasteiger partial charge in [0.15, 0.2) is 0 Å². The molecule has 2 aromatic rings. The van der Waals surface area contributed by atoms with Gasteiger partial charge in [-0.15, -0.1) is 11.3 Å². The van der Waals surface area contributed by atoms with E-state index in [1.807, 2.05) is 12.1 Å². The maximum atomic E-state index is 6.27. The summed E-state index contributed by atoms with van der Waals surface area (Å²) >= 11 is 11.5. The van der Waals surface area contributed by atoms with Crippen LogP contribution in [0.3, 0.4) is 0 Å². The molecule has 5 heteroatoms. The van der Waals surface area contributed by atoms with E-state index in [4.69, 9.17) is 17.3 Å². The number of benzene rings is 1. The monoisotopic (exact) mass is 358 g/mol. The summed E-state index contributed by atoms with van der Waals surface area (Å²) in [5.74, 6) is 0. The van der Waals surface area contributed by atoms with Gasteiger partial charge in [0.2, 0.25) is 0 Å². The second-order valence-electron chi connectivity index (χ2n) is 4.56. The lowest BCUT2D eigenvalue weighted by Crippen LogP contribution is -2.17. The van der Waals surface area contributed by atoms with Crippen molar-refractivity contribution >= 4 is 38.9 Å². The molecule has 0 aliphatic carbocycles. The van der Waals surface area contributed by atoms with E-state index < -0.39 is 0 Å². The number of hydrogen-bond acceptors (Lipinski definition) is 3. The Kier molecular flexibility index (Phi) is 5.42. The zero-order valence-corrected chi connectivity index (χ0v) is 13.9. The highest BCUT2D eigenvalue weighted by molar-refractivity contribution is 9.11. The molecule has 0 unspecified atom stereocenters. The van der Waals surface area contributed by atoms with E-state index in [0.717, 1.165) is 29.2 Å². The van der Waals surface area contributed by atoms with Crippen molar-refractivity contribution in [2.24, 2.45) is 5.73 Å². The van der Waals surface area contributed by atoms with Crippen LogP contribution >= 0.6 is 38.9 Å². The van der Waals surface area contributed by atoms with E-state index in [9.17, 15) is 0 Å². The molecule has 0 bridgehead atoms. The minimum absolute atomic E-state index is 0.527. The highest BCUT2D eigenvalue weighted by Crippen LogP contribution is 2.23. The molecule has 0 aliphatic rings. The highest BCUT2D eigenvalue weighted by atomic mass is 79.9. The Morgan fingerprint density at radius 2 is 2.05 bits per heavy atom. The van der Waals surface area contributed by atoms with Crippen LogP contribution in [0.1, 0.15) is 16.7 Å². The number of rotatable bonds is 5. The molecule has 1 aromatic carbocycles. The lowest BCUT2D eigenvalue weighted by atomic mass is 10.1. The smallest absolute Gasteiger partial charge is 0.0701 e. The van der Waals surface area contributed by atoms with Gasteiger partial charge >= 0.3 is 0 Å². The zero-order chi connectivity index (χ0) is 13.8. The van der Waals surface area contributed by atoms with Crippen molar-refractivity contribution < 1.29 is 0 Å².